The summed E-state index contributed by atoms with van der Waals surface area (Å²) in [6, 6.07) is 26.2. The average Bonchev–Trinajstić information content (AvgIpc) is 2.88. The van der Waals surface area contributed by atoms with Gasteiger partial charge < -0.3 is 24.1 Å². The fraction of sp³-hybridized carbons (Fsp3) is 0.296. The Bertz CT molecular complexity index is 1090. The Kier molecular flexibility index (Phi) is 6.99. The lowest BCUT2D eigenvalue weighted by Gasteiger charge is -2.47. The molecule has 0 spiro atoms. The van der Waals surface area contributed by atoms with E-state index >= 15 is 0 Å². The number of hydrogen-bond donors (Lipinski definition) is 1. The van der Waals surface area contributed by atoms with Crippen molar-refractivity contribution in [2.75, 3.05) is 6.61 Å². The van der Waals surface area contributed by atoms with Crippen molar-refractivity contribution >= 4 is 17.7 Å². The summed E-state index contributed by atoms with van der Waals surface area (Å²) in [5, 5.41) is 11.3. The summed E-state index contributed by atoms with van der Waals surface area (Å²) in [7, 11) is 0. The third-order valence-corrected chi connectivity index (χ3v) is 7.07. The van der Waals surface area contributed by atoms with E-state index in [-0.39, 0.29) is 6.61 Å². The van der Waals surface area contributed by atoms with Crippen LogP contribution in [0.25, 0.3) is 0 Å². The van der Waals surface area contributed by atoms with Crippen LogP contribution >= 0.6 is 11.8 Å². The predicted octanol–water partition coefficient (Wildman–Crippen LogP) is 4.51. The molecule has 0 radical (unpaired) electrons. The number of carbonyl (C=O) groups is 1. The van der Waals surface area contributed by atoms with Gasteiger partial charge in [0.05, 0.1) is 12.2 Å². The number of aliphatic hydroxyl groups excluding tert-OH is 1. The Morgan fingerprint density at radius 3 is 2.32 bits per heavy atom. The highest BCUT2D eigenvalue weighted by molar-refractivity contribution is 7.99. The minimum atomic E-state index is -1.10. The molecule has 3 aromatic carbocycles. The highest BCUT2D eigenvalue weighted by Gasteiger charge is 2.51. The normalized spacial score (nSPS) is 28.6. The fourth-order valence-corrected chi connectivity index (χ4v) is 5.14. The van der Waals surface area contributed by atoms with Gasteiger partial charge in [0.1, 0.15) is 23.7 Å². The maximum absolute atomic E-state index is 12.9. The molecule has 2 aliphatic rings. The number of ether oxygens (including phenoxy) is 4. The molecule has 34 heavy (non-hydrogen) atoms. The zero-order chi connectivity index (χ0) is 23.5. The van der Waals surface area contributed by atoms with Gasteiger partial charge in [-0.05, 0) is 31.2 Å². The van der Waals surface area contributed by atoms with E-state index in [1.165, 1.54) is 11.8 Å². The van der Waals surface area contributed by atoms with E-state index in [4.69, 9.17) is 18.9 Å². The van der Waals surface area contributed by atoms with Crippen LogP contribution in [0.15, 0.2) is 89.8 Å². The summed E-state index contributed by atoms with van der Waals surface area (Å²) in [6.45, 7) is 2.27. The number of esters is 1. The zero-order valence-electron chi connectivity index (χ0n) is 18.7. The highest BCUT2D eigenvalue weighted by Crippen LogP contribution is 2.40. The van der Waals surface area contributed by atoms with Gasteiger partial charge in [0, 0.05) is 10.5 Å². The number of aryl methyl sites for hydroxylation is 1. The number of rotatable bonds is 5. The first-order valence-electron chi connectivity index (χ1n) is 11.2. The van der Waals surface area contributed by atoms with Crippen molar-refractivity contribution in [3.63, 3.8) is 0 Å². The van der Waals surface area contributed by atoms with Crippen molar-refractivity contribution in [3.05, 3.63) is 102 Å². The SMILES string of the molecule is Cc1ccc(S[C@H]2O[C@@H]3CO[C@H](c4ccccc4)O[C@H]3[C@H](OC(=O)c3ccccc3)[C@@H]2O)cc1. The van der Waals surface area contributed by atoms with Gasteiger partial charge >= 0.3 is 5.97 Å². The number of aliphatic hydroxyl groups is 1. The van der Waals surface area contributed by atoms with Gasteiger partial charge in [-0.3, -0.25) is 0 Å². The maximum Gasteiger partial charge on any atom is 0.338 e. The topological polar surface area (TPSA) is 74.2 Å². The van der Waals surface area contributed by atoms with Crippen molar-refractivity contribution in [2.24, 2.45) is 0 Å². The Balaban J connectivity index is 1.39. The molecule has 176 valence electrons. The fourth-order valence-electron chi connectivity index (χ4n) is 4.09. The van der Waals surface area contributed by atoms with E-state index in [1.807, 2.05) is 67.6 Å². The number of carbonyl (C=O) groups excluding carboxylic acids is 1. The van der Waals surface area contributed by atoms with Crippen LogP contribution in [0, 0.1) is 6.92 Å². The van der Waals surface area contributed by atoms with E-state index in [2.05, 4.69) is 0 Å². The molecule has 7 heteroatoms. The maximum atomic E-state index is 12.9. The first kappa shape index (κ1) is 23.1. The van der Waals surface area contributed by atoms with Crippen LogP contribution < -0.4 is 0 Å². The number of benzene rings is 3. The quantitative estimate of drug-likeness (QED) is 0.541. The van der Waals surface area contributed by atoms with Crippen molar-refractivity contribution in [1.29, 1.82) is 0 Å². The van der Waals surface area contributed by atoms with Crippen LogP contribution in [-0.2, 0) is 18.9 Å². The molecule has 1 N–H and O–H groups in total. The molecule has 2 heterocycles. The van der Waals surface area contributed by atoms with E-state index in [0.717, 1.165) is 16.0 Å². The van der Waals surface area contributed by atoms with Crippen LogP contribution in [0.5, 0.6) is 0 Å². The Morgan fingerprint density at radius 1 is 0.941 bits per heavy atom. The molecular formula is C27H26O6S. The number of thioether (sulfide) groups is 1. The summed E-state index contributed by atoms with van der Waals surface area (Å²) < 4.78 is 24.2. The second-order valence-electron chi connectivity index (χ2n) is 8.38. The van der Waals surface area contributed by atoms with Gasteiger partial charge in [-0.1, -0.05) is 78.0 Å². The minimum Gasteiger partial charge on any atom is -0.453 e. The first-order chi connectivity index (χ1) is 16.6. The molecule has 0 amide bonds. The molecule has 6 atom stereocenters. The smallest absolute Gasteiger partial charge is 0.338 e. The standard InChI is InChI=1S/C27H26O6S/c1-17-12-14-20(15-13-17)34-27-22(28)24(32-25(29)18-8-4-2-5-9-18)23-21(31-27)16-30-26(33-23)19-10-6-3-7-11-19/h2-15,21-24,26-28H,16H2,1H3/t21-,22+,23-,24-,26+,27-/m1/s1. The molecule has 2 fully saturated rings. The summed E-state index contributed by atoms with van der Waals surface area (Å²) in [5.74, 6) is -0.518. The van der Waals surface area contributed by atoms with Crippen LogP contribution in [0.3, 0.4) is 0 Å². The average molecular weight is 479 g/mol. The van der Waals surface area contributed by atoms with Gasteiger partial charge in [0.2, 0.25) is 0 Å². The third-order valence-electron chi connectivity index (χ3n) is 5.90. The monoisotopic (exact) mass is 478 g/mol. The van der Waals surface area contributed by atoms with Gasteiger partial charge in [-0.25, -0.2) is 4.79 Å². The molecule has 0 bridgehead atoms. The molecule has 0 aliphatic carbocycles. The minimum absolute atomic E-state index is 0.251. The summed E-state index contributed by atoms with van der Waals surface area (Å²) >= 11 is 1.39. The molecular weight excluding hydrogens is 452 g/mol. The third kappa shape index (κ3) is 5.04. The molecule has 0 saturated carbocycles. The summed E-state index contributed by atoms with van der Waals surface area (Å²) in [4.78, 5) is 13.9. The Morgan fingerprint density at radius 2 is 1.62 bits per heavy atom. The molecule has 3 aromatic rings. The summed E-state index contributed by atoms with van der Waals surface area (Å²) in [6.07, 6.45) is -3.85. The first-order valence-corrected chi connectivity index (χ1v) is 12.1. The Hall–Kier alpha value is -2.68. The van der Waals surface area contributed by atoms with E-state index in [0.29, 0.717) is 5.56 Å². The second-order valence-corrected chi connectivity index (χ2v) is 9.55. The van der Waals surface area contributed by atoms with E-state index in [9.17, 15) is 9.90 Å². The van der Waals surface area contributed by atoms with Gasteiger partial charge in [-0.15, -0.1) is 0 Å². The lowest BCUT2D eigenvalue weighted by atomic mass is 9.98. The second kappa shape index (κ2) is 10.3. The predicted molar refractivity (Wildman–Crippen MR) is 127 cm³/mol. The van der Waals surface area contributed by atoms with Crippen molar-refractivity contribution in [2.45, 2.75) is 48.0 Å². The number of hydrogen-bond acceptors (Lipinski definition) is 7. The molecule has 2 saturated heterocycles. The van der Waals surface area contributed by atoms with Gasteiger partial charge in [-0.2, -0.15) is 0 Å². The van der Waals surface area contributed by atoms with Crippen molar-refractivity contribution in [3.8, 4) is 0 Å². The van der Waals surface area contributed by atoms with Gasteiger partial charge in [0.25, 0.3) is 0 Å². The lowest BCUT2D eigenvalue weighted by Crippen LogP contribution is -2.62. The van der Waals surface area contributed by atoms with E-state index in [1.54, 1.807) is 24.3 Å². The van der Waals surface area contributed by atoms with Gasteiger partial charge in [0.15, 0.2) is 12.4 Å². The van der Waals surface area contributed by atoms with Crippen LogP contribution in [0.2, 0.25) is 0 Å². The molecule has 0 aromatic heterocycles. The van der Waals surface area contributed by atoms with Crippen LogP contribution in [0.1, 0.15) is 27.8 Å². The highest BCUT2D eigenvalue weighted by atomic mass is 32.2. The van der Waals surface area contributed by atoms with Crippen molar-refractivity contribution in [1.82, 2.24) is 0 Å². The Labute approximate surface area is 202 Å². The largest absolute Gasteiger partial charge is 0.453 e. The molecule has 6 nitrogen and oxygen atoms in total. The lowest BCUT2D eigenvalue weighted by molar-refractivity contribution is -0.317. The zero-order valence-corrected chi connectivity index (χ0v) is 19.5. The van der Waals surface area contributed by atoms with Crippen LogP contribution in [-0.4, -0.2) is 47.5 Å². The molecule has 2 aliphatic heterocycles. The van der Waals surface area contributed by atoms with Crippen molar-refractivity contribution < 1.29 is 28.8 Å². The number of fused-ring (bicyclic) bond motifs is 1. The summed E-state index contributed by atoms with van der Waals surface area (Å²) in [5.41, 5.74) is 1.75. The molecule has 5 rings (SSSR count). The molecule has 0 unspecified atom stereocenters. The van der Waals surface area contributed by atoms with Crippen LogP contribution in [0.4, 0.5) is 0 Å². The van der Waals surface area contributed by atoms with E-state index < -0.39 is 42.1 Å².